The van der Waals surface area contributed by atoms with Gasteiger partial charge in [-0.05, 0) is 42.1 Å². The first-order valence-electron chi connectivity index (χ1n) is 14.1. The standard InChI is InChI=1S/C34H38N2O3/c1-2-18-36-19-17-28-31(37)20-30(36)32-27-15-9-10-16-29(27)35-33(32)34(28,23-38-21-25-11-5-3-6-12-25)24-39-22-26-13-7-4-8-14-26/h2-16,28,30-31,35,37H,1,17-24H2/t28-,30+,31-/m1/s1. The number of para-hydroxylation sites is 1. The summed E-state index contributed by atoms with van der Waals surface area (Å²) in [4.78, 5) is 6.31. The van der Waals surface area contributed by atoms with Crippen LogP contribution in [0.3, 0.4) is 0 Å². The minimum absolute atomic E-state index is 0.0179. The molecular weight excluding hydrogens is 484 g/mol. The lowest BCUT2D eigenvalue weighted by atomic mass is 9.69. The number of hydrogen-bond donors (Lipinski definition) is 2. The fourth-order valence-corrected chi connectivity index (χ4v) is 6.86. The van der Waals surface area contributed by atoms with Crippen LogP contribution in [0.1, 0.15) is 41.3 Å². The van der Waals surface area contributed by atoms with Gasteiger partial charge in [-0.2, -0.15) is 0 Å². The minimum atomic E-state index is -0.521. The van der Waals surface area contributed by atoms with Crippen molar-refractivity contribution >= 4 is 10.9 Å². The Balaban J connectivity index is 1.44. The summed E-state index contributed by atoms with van der Waals surface area (Å²) in [5.74, 6) is -0.0179. The fourth-order valence-electron chi connectivity index (χ4n) is 6.86. The van der Waals surface area contributed by atoms with Crippen LogP contribution in [0.2, 0.25) is 0 Å². The summed E-state index contributed by atoms with van der Waals surface area (Å²) < 4.78 is 13.1. The second-order valence-corrected chi connectivity index (χ2v) is 11.1. The second kappa shape index (κ2) is 11.5. The quantitative estimate of drug-likeness (QED) is 0.245. The molecule has 0 unspecified atom stereocenters. The molecule has 3 atom stereocenters. The molecule has 2 aliphatic rings. The summed E-state index contributed by atoms with van der Waals surface area (Å²) in [5, 5.41) is 13.0. The molecule has 3 aromatic carbocycles. The Bertz CT molecular complexity index is 1340. The van der Waals surface area contributed by atoms with Crippen molar-refractivity contribution in [3.05, 3.63) is 120 Å². The van der Waals surface area contributed by atoms with Gasteiger partial charge in [-0.15, -0.1) is 6.58 Å². The van der Waals surface area contributed by atoms with Gasteiger partial charge < -0.3 is 19.6 Å². The summed E-state index contributed by atoms with van der Waals surface area (Å²) in [5.41, 5.74) is 5.32. The van der Waals surface area contributed by atoms with E-state index in [-0.39, 0.29) is 12.0 Å². The first-order chi connectivity index (χ1) is 19.2. The van der Waals surface area contributed by atoms with E-state index >= 15 is 0 Å². The van der Waals surface area contributed by atoms with E-state index in [9.17, 15) is 5.11 Å². The number of nitrogens with zero attached hydrogens (tertiary/aromatic N) is 1. The van der Waals surface area contributed by atoms with Gasteiger partial charge in [0.05, 0.1) is 37.9 Å². The summed E-state index contributed by atoms with van der Waals surface area (Å²) in [6, 6.07) is 29.3. The minimum Gasteiger partial charge on any atom is -0.393 e. The predicted molar refractivity (Wildman–Crippen MR) is 155 cm³/mol. The van der Waals surface area contributed by atoms with Crippen LogP contribution >= 0.6 is 0 Å². The van der Waals surface area contributed by atoms with E-state index in [1.165, 1.54) is 10.9 Å². The number of likely N-dealkylation sites (tertiary alicyclic amines) is 1. The van der Waals surface area contributed by atoms with Gasteiger partial charge in [0, 0.05) is 35.1 Å². The maximum atomic E-state index is 11.8. The van der Waals surface area contributed by atoms with Gasteiger partial charge in [0.25, 0.3) is 0 Å². The molecule has 1 aliphatic heterocycles. The van der Waals surface area contributed by atoms with Gasteiger partial charge in [-0.25, -0.2) is 0 Å². The van der Waals surface area contributed by atoms with Crippen LogP contribution in [-0.2, 0) is 28.1 Å². The van der Waals surface area contributed by atoms with Gasteiger partial charge >= 0.3 is 0 Å². The summed E-state index contributed by atoms with van der Waals surface area (Å²) in [6.07, 6.45) is 3.07. The number of aromatic amines is 1. The summed E-state index contributed by atoms with van der Waals surface area (Å²) in [6.45, 7) is 7.70. The van der Waals surface area contributed by atoms with Crippen molar-refractivity contribution < 1.29 is 14.6 Å². The van der Waals surface area contributed by atoms with Crippen molar-refractivity contribution in [1.82, 2.24) is 9.88 Å². The molecule has 5 heteroatoms. The lowest BCUT2D eigenvalue weighted by Crippen LogP contribution is -2.49. The van der Waals surface area contributed by atoms with E-state index in [2.05, 4.69) is 65.0 Å². The van der Waals surface area contributed by atoms with E-state index < -0.39 is 11.5 Å². The zero-order chi connectivity index (χ0) is 26.7. The average Bonchev–Trinajstić information content (AvgIpc) is 3.23. The molecule has 1 aliphatic carbocycles. The lowest BCUT2D eigenvalue weighted by molar-refractivity contribution is -0.0531. The van der Waals surface area contributed by atoms with Crippen molar-refractivity contribution in [3.63, 3.8) is 0 Å². The van der Waals surface area contributed by atoms with Crippen molar-refractivity contribution in [2.75, 3.05) is 26.3 Å². The maximum Gasteiger partial charge on any atom is 0.0717 e. The van der Waals surface area contributed by atoms with Crippen molar-refractivity contribution in [2.24, 2.45) is 5.92 Å². The smallest absolute Gasteiger partial charge is 0.0717 e. The van der Waals surface area contributed by atoms with Crippen LogP contribution in [0.4, 0.5) is 0 Å². The normalized spacial score (nSPS) is 22.3. The highest BCUT2D eigenvalue weighted by Crippen LogP contribution is 2.51. The molecule has 5 nitrogen and oxygen atoms in total. The van der Waals surface area contributed by atoms with Crippen molar-refractivity contribution in [2.45, 2.75) is 43.6 Å². The van der Waals surface area contributed by atoms with Crippen LogP contribution in [0.15, 0.2) is 97.6 Å². The van der Waals surface area contributed by atoms with Gasteiger partial charge in [-0.1, -0.05) is 84.9 Å². The molecule has 0 radical (unpaired) electrons. The Morgan fingerprint density at radius 2 is 1.51 bits per heavy atom. The Labute approximate surface area is 231 Å². The monoisotopic (exact) mass is 522 g/mol. The van der Waals surface area contributed by atoms with Gasteiger partial charge in [-0.3, -0.25) is 4.90 Å². The Kier molecular flexibility index (Phi) is 7.67. The van der Waals surface area contributed by atoms with Crippen molar-refractivity contribution in [1.29, 1.82) is 0 Å². The number of nitrogens with one attached hydrogen (secondary N) is 1. The highest BCUT2D eigenvalue weighted by atomic mass is 16.5. The molecule has 2 bridgehead atoms. The molecule has 2 heterocycles. The fraction of sp³-hybridized carbons (Fsp3) is 0.353. The topological polar surface area (TPSA) is 57.7 Å². The average molecular weight is 523 g/mol. The zero-order valence-electron chi connectivity index (χ0n) is 22.5. The molecule has 0 amide bonds. The number of benzene rings is 3. The first-order valence-corrected chi connectivity index (χ1v) is 14.1. The largest absolute Gasteiger partial charge is 0.393 e. The molecule has 202 valence electrons. The number of fused-ring (bicyclic) bond motifs is 7. The van der Waals surface area contributed by atoms with E-state index in [0.717, 1.165) is 41.8 Å². The molecule has 1 fully saturated rings. The third-order valence-electron chi connectivity index (χ3n) is 8.69. The summed E-state index contributed by atoms with van der Waals surface area (Å²) >= 11 is 0. The molecule has 6 rings (SSSR count). The van der Waals surface area contributed by atoms with Crippen LogP contribution in [-0.4, -0.2) is 47.4 Å². The third-order valence-corrected chi connectivity index (χ3v) is 8.69. The molecule has 0 spiro atoms. The molecule has 2 N–H and O–H groups in total. The first kappa shape index (κ1) is 26.0. The number of hydrogen-bond acceptors (Lipinski definition) is 4. The van der Waals surface area contributed by atoms with E-state index in [1.54, 1.807) is 0 Å². The maximum absolute atomic E-state index is 11.8. The van der Waals surface area contributed by atoms with Crippen LogP contribution in [0.25, 0.3) is 10.9 Å². The van der Waals surface area contributed by atoms with E-state index in [1.807, 2.05) is 42.5 Å². The molecule has 1 aromatic heterocycles. The van der Waals surface area contributed by atoms with Crippen LogP contribution < -0.4 is 0 Å². The highest BCUT2D eigenvalue weighted by Gasteiger charge is 2.53. The van der Waals surface area contributed by atoms with Crippen LogP contribution in [0, 0.1) is 5.92 Å². The number of H-pyrrole nitrogens is 1. The summed E-state index contributed by atoms with van der Waals surface area (Å²) in [7, 11) is 0. The number of aromatic nitrogens is 1. The SMILES string of the molecule is C=CCN1CC[C@@H]2[C@H](O)C[C@H]1c1c([nH]c3ccccc13)C2(COCc1ccccc1)COCc1ccccc1. The molecular formula is C34H38N2O3. The number of ether oxygens (including phenoxy) is 2. The van der Waals surface area contributed by atoms with Gasteiger partial charge in [0.15, 0.2) is 0 Å². The lowest BCUT2D eigenvalue weighted by Gasteiger charge is -2.42. The molecule has 0 saturated carbocycles. The Morgan fingerprint density at radius 1 is 0.897 bits per heavy atom. The highest BCUT2D eigenvalue weighted by molar-refractivity contribution is 5.86. The van der Waals surface area contributed by atoms with Gasteiger partial charge in [0.1, 0.15) is 0 Å². The third kappa shape index (κ3) is 5.08. The second-order valence-electron chi connectivity index (χ2n) is 11.1. The number of aliphatic hydroxyl groups is 1. The molecule has 39 heavy (non-hydrogen) atoms. The Hall–Kier alpha value is -3.22. The number of aliphatic hydroxyl groups excluding tert-OH is 1. The van der Waals surface area contributed by atoms with E-state index in [0.29, 0.717) is 32.8 Å². The number of rotatable bonds is 10. The van der Waals surface area contributed by atoms with E-state index in [4.69, 9.17) is 9.47 Å². The molecule has 1 saturated heterocycles. The Morgan fingerprint density at radius 3 is 2.15 bits per heavy atom. The zero-order valence-corrected chi connectivity index (χ0v) is 22.5. The van der Waals surface area contributed by atoms with Crippen molar-refractivity contribution in [3.8, 4) is 0 Å². The van der Waals surface area contributed by atoms with Crippen LogP contribution in [0.5, 0.6) is 0 Å². The van der Waals surface area contributed by atoms with Gasteiger partial charge in [0.2, 0.25) is 0 Å². The predicted octanol–water partition coefficient (Wildman–Crippen LogP) is 6.15. The molecule has 4 aromatic rings.